The van der Waals surface area contributed by atoms with Crippen molar-refractivity contribution in [1.82, 2.24) is 25.3 Å². The summed E-state index contributed by atoms with van der Waals surface area (Å²) in [6.45, 7) is 4.18. The minimum absolute atomic E-state index is 0.164. The Balaban J connectivity index is 1.44. The van der Waals surface area contributed by atoms with Crippen LogP contribution in [-0.4, -0.2) is 25.3 Å². The molecule has 1 N–H and O–H groups in total. The highest BCUT2D eigenvalue weighted by Gasteiger charge is 2.54. The molecule has 37 heavy (non-hydrogen) atoms. The molecule has 0 bridgehead atoms. The number of nitrogens with zero attached hydrogens (tertiary/aromatic N) is 4. The Hall–Kier alpha value is -4.13. The molecule has 7 rings (SSSR count). The van der Waals surface area contributed by atoms with E-state index in [0.29, 0.717) is 6.42 Å². The SMILES string of the molecule is Cc1nc(-c2ccc(-c3ccn[nH]3)cc2)c2c(n1)[C@@]1(c3ccc(F)cc3)Cc3cnoc3[C@@H](C)[C@@H]1CC2. The highest BCUT2D eigenvalue weighted by atomic mass is 19.1. The summed E-state index contributed by atoms with van der Waals surface area (Å²) in [5, 5.41) is 11.2. The van der Waals surface area contributed by atoms with Gasteiger partial charge < -0.3 is 4.52 Å². The van der Waals surface area contributed by atoms with Crippen molar-refractivity contribution in [2.24, 2.45) is 5.92 Å². The number of benzene rings is 2. The fraction of sp³-hybridized carbons (Fsp3) is 0.267. The number of fused-ring (bicyclic) bond motifs is 4. The van der Waals surface area contributed by atoms with Crippen LogP contribution in [0.2, 0.25) is 0 Å². The van der Waals surface area contributed by atoms with E-state index in [2.05, 4.69) is 46.5 Å². The Morgan fingerprint density at radius 3 is 2.54 bits per heavy atom. The van der Waals surface area contributed by atoms with Gasteiger partial charge >= 0.3 is 0 Å². The normalized spacial score (nSPS) is 22.2. The molecule has 5 aromatic rings. The van der Waals surface area contributed by atoms with E-state index in [1.54, 1.807) is 18.3 Å². The summed E-state index contributed by atoms with van der Waals surface area (Å²) in [5.41, 5.74) is 8.07. The molecule has 3 atom stereocenters. The number of aromatic amines is 1. The van der Waals surface area contributed by atoms with Crippen LogP contribution in [0.5, 0.6) is 0 Å². The van der Waals surface area contributed by atoms with Crippen LogP contribution < -0.4 is 0 Å². The maximum atomic E-state index is 14.1. The number of aryl methyl sites for hydroxylation is 1. The molecule has 0 unspecified atom stereocenters. The first-order valence-electron chi connectivity index (χ1n) is 12.7. The smallest absolute Gasteiger partial charge is 0.143 e. The molecular formula is C30H26FN5O. The molecule has 2 aliphatic rings. The van der Waals surface area contributed by atoms with E-state index in [9.17, 15) is 4.39 Å². The van der Waals surface area contributed by atoms with Gasteiger partial charge in [-0.3, -0.25) is 5.10 Å². The Morgan fingerprint density at radius 1 is 1.00 bits per heavy atom. The van der Waals surface area contributed by atoms with Crippen molar-refractivity contribution in [3.63, 3.8) is 0 Å². The van der Waals surface area contributed by atoms with Gasteiger partial charge in [-0.2, -0.15) is 5.10 Å². The van der Waals surface area contributed by atoms with E-state index in [-0.39, 0.29) is 17.7 Å². The number of rotatable bonds is 3. The molecule has 3 aromatic heterocycles. The van der Waals surface area contributed by atoms with Crippen LogP contribution in [0, 0.1) is 18.7 Å². The van der Waals surface area contributed by atoms with Crippen molar-refractivity contribution in [2.45, 2.75) is 44.4 Å². The number of hydrogen-bond acceptors (Lipinski definition) is 5. The lowest BCUT2D eigenvalue weighted by Crippen LogP contribution is -2.48. The third kappa shape index (κ3) is 3.30. The summed E-state index contributed by atoms with van der Waals surface area (Å²) in [6.07, 6.45) is 6.13. The summed E-state index contributed by atoms with van der Waals surface area (Å²) in [6, 6.07) is 17.4. The van der Waals surface area contributed by atoms with Gasteiger partial charge in [0.15, 0.2) is 0 Å². The van der Waals surface area contributed by atoms with Crippen LogP contribution in [0.15, 0.2) is 71.5 Å². The highest BCUT2D eigenvalue weighted by Crippen LogP contribution is 2.57. The third-order valence-electron chi connectivity index (χ3n) is 8.37. The quantitative estimate of drug-likeness (QED) is 0.326. The third-order valence-corrected chi connectivity index (χ3v) is 8.37. The Morgan fingerprint density at radius 2 is 1.78 bits per heavy atom. The van der Waals surface area contributed by atoms with Crippen molar-refractivity contribution in [2.75, 3.05) is 0 Å². The van der Waals surface area contributed by atoms with E-state index < -0.39 is 5.41 Å². The molecule has 0 saturated carbocycles. The van der Waals surface area contributed by atoms with E-state index in [1.165, 1.54) is 5.56 Å². The fourth-order valence-electron chi connectivity index (χ4n) is 6.74. The molecule has 184 valence electrons. The van der Waals surface area contributed by atoms with Crippen LogP contribution in [0.4, 0.5) is 4.39 Å². The molecule has 0 radical (unpaired) electrons. The van der Waals surface area contributed by atoms with E-state index in [4.69, 9.17) is 14.5 Å². The fourth-order valence-corrected chi connectivity index (χ4v) is 6.74. The summed E-state index contributed by atoms with van der Waals surface area (Å²) in [4.78, 5) is 10.1. The minimum atomic E-state index is -0.419. The predicted molar refractivity (Wildman–Crippen MR) is 137 cm³/mol. The Labute approximate surface area is 214 Å². The van der Waals surface area contributed by atoms with Crippen molar-refractivity contribution in [1.29, 1.82) is 0 Å². The van der Waals surface area contributed by atoms with Gasteiger partial charge in [0.1, 0.15) is 17.4 Å². The first kappa shape index (κ1) is 22.1. The number of nitrogens with one attached hydrogen (secondary N) is 1. The molecule has 3 heterocycles. The Bertz CT molecular complexity index is 1590. The molecule has 2 aliphatic carbocycles. The van der Waals surface area contributed by atoms with Crippen LogP contribution in [0.1, 0.15) is 53.2 Å². The number of aromatic nitrogens is 5. The monoisotopic (exact) mass is 491 g/mol. The molecule has 0 fully saturated rings. The summed E-state index contributed by atoms with van der Waals surface area (Å²) >= 11 is 0. The van der Waals surface area contributed by atoms with Gasteiger partial charge in [0, 0.05) is 34.2 Å². The molecule has 0 amide bonds. The highest BCUT2D eigenvalue weighted by molar-refractivity contribution is 5.70. The number of halogens is 1. The Kier molecular flexibility index (Phi) is 4.90. The maximum Gasteiger partial charge on any atom is 0.143 e. The maximum absolute atomic E-state index is 14.1. The minimum Gasteiger partial charge on any atom is -0.361 e. The van der Waals surface area contributed by atoms with E-state index in [1.807, 2.05) is 31.3 Å². The van der Waals surface area contributed by atoms with Gasteiger partial charge in [0.25, 0.3) is 0 Å². The van der Waals surface area contributed by atoms with Crippen molar-refractivity contribution in [3.8, 4) is 22.5 Å². The standard InChI is InChI=1S/C30H26FN5O/c1-17-25-12-11-24-27(20-5-3-19(4-6-20)26-13-14-32-36-26)34-18(2)35-29(24)30(25,15-21-16-33-37-28(17)21)22-7-9-23(31)10-8-22/h3-10,13-14,16-17,25H,11-12,15H2,1-2H3,(H,32,36)/t17-,25-,30+/m0/s1. The molecule has 0 aliphatic heterocycles. The van der Waals surface area contributed by atoms with Gasteiger partial charge in [-0.05, 0) is 61.4 Å². The van der Waals surface area contributed by atoms with Crippen molar-refractivity contribution in [3.05, 3.63) is 107 Å². The lowest BCUT2D eigenvalue weighted by atomic mass is 9.53. The largest absolute Gasteiger partial charge is 0.361 e. The molecular weight excluding hydrogens is 465 g/mol. The zero-order valence-electron chi connectivity index (χ0n) is 20.7. The lowest BCUT2D eigenvalue weighted by Gasteiger charge is -2.50. The average molecular weight is 492 g/mol. The zero-order chi connectivity index (χ0) is 25.1. The first-order chi connectivity index (χ1) is 18.0. The molecule has 2 aromatic carbocycles. The molecule has 0 saturated heterocycles. The van der Waals surface area contributed by atoms with Gasteiger partial charge in [-0.1, -0.05) is 48.5 Å². The van der Waals surface area contributed by atoms with Gasteiger partial charge in [0.2, 0.25) is 0 Å². The topological polar surface area (TPSA) is 80.5 Å². The first-order valence-corrected chi connectivity index (χ1v) is 12.7. The van der Waals surface area contributed by atoms with E-state index in [0.717, 1.165) is 63.8 Å². The van der Waals surface area contributed by atoms with Crippen LogP contribution in [0.25, 0.3) is 22.5 Å². The van der Waals surface area contributed by atoms with Crippen LogP contribution in [0.3, 0.4) is 0 Å². The molecule has 6 nitrogen and oxygen atoms in total. The van der Waals surface area contributed by atoms with Crippen LogP contribution in [-0.2, 0) is 18.3 Å². The zero-order valence-corrected chi connectivity index (χ0v) is 20.7. The number of hydrogen-bond donors (Lipinski definition) is 1. The van der Waals surface area contributed by atoms with E-state index >= 15 is 0 Å². The average Bonchev–Trinajstić information content (AvgIpc) is 3.62. The van der Waals surface area contributed by atoms with Crippen LogP contribution >= 0.6 is 0 Å². The summed E-state index contributed by atoms with van der Waals surface area (Å²) < 4.78 is 19.8. The second kappa shape index (κ2) is 8.20. The molecule has 7 heteroatoms. The van der Waals surface area contributed by atoms with Gasteiger partial charge in [0.05, 0.1) is 23.3 Å². The summed E-state index contributed by atoms with van der Waals surface area (Å²) in [5.74, 6) is 1.87. The molecule has 0 spiro atoms. The van der Waals surface area contributed by atoms with Crippen molar-refractivity contribution < 1.29 is 8.91 Å². The summed E-state index contributed by atoms with van der Waals surface area (Å²) in [7, 11) is 0. The predicted octanol–water partition coefficient (Wildman–Crippen LogP) is 6.18. The second-order valence-electron chi connectivity index (χ2n) is 10.3. The lowest BCUT2D eigenvalue weighted by molar-refractivity contribution is 0.188. The van der Waals surface area contributed by atoms with Crippen molar-refractivity contribution >= 4 is 0 Å². The number of H-pyrrole nitrogens is 1. The van der Waals surface area contributed by atoms with Gasteiger partial charge in [-0.15, -0.1) is 0 Å². The van der Waals surface area contributed by atoms with Gasteiger partial charge in [-0.25, -0.2) is 14.4 Å². The second-order valence-corrected chi connectivity index (χ2v) is 10.3.